The van der Waals surface area contributed by atoms with E-state index in [-0.39, 0.29) is 0 Å². The second-order valence-corrected chi connectivity index (χ2v) is 4.86. The molecular weight excluding hydrogens is 254 g/mol. The van der Waals surface area contributed by atoms with Gasteiger partial charge in [-0.3, -0.25) is 0 Å². The van der Waals surface area contributed by atoms with E-state index in [0.717, 1.165) is 23.9 Å². The minimum absolute atomic E-state index is 0.403. The molecule has 0 radical (unpaired) electrons. The monoisotopic (exact) mass is 269 g/mol. The third kappa shape index (κ3) is 2.80. The third-order valence-corrected chi connectivity index (χ3v) is 3.49. The SMILES string of the molecule is COC1CCNC(c2ccc(Br)cc2)C1. The zero-order chi connectivity index (χ0) is 10.7. The topological polar surface area (TPSA) is 21.3 Å². The quantitative estimate of drug-likeness (QED) is 0.892. The van der Waals surface area contributed by atoms with Gasteiger partial charge in [0.25, 0.3) is 0 Å². The molecule has 2 unspecified atom stereocenters. The van der Waals surface area contributed by atoms with Gasteiger partial charge < -0.3 is 10.1 Å². The first-order valence-electron chi connectivity index (χ1n) is 5.31. The molecule has 1 fully saturated rings. The number of benzene rings is 1. The maximum atomic E-state index is 5.42. The summed E-state index contributed by atoms with van der Waals surface area (Å²) in [6, 6.07) is 8.96. The van der Waals surface area contributed by atoms with Crippen molar-refractivity contribution in [3.63, 3.8) is 0 Å². The minimum atomic E-state index is 0.403. The van der Waals surface area contributed by atoms with Crippen molar-refractivity contribution in [3.05, 3.63) is 34.3 Å². The lowest BCUT2D eigenvalue weighted by atomic mass is 9.95. The Balaban J connectivity index is 2.06. The molecule has 1 saturated heterocycles. The molecule has 0 bridgehead atoms. The maximum Gasteiger partial charge on any atom is 0.0601 e. The van der Waals surface area contributed by atoms with Crippen molar-refractivity contribution in [2.24, 2.45) is 0 Å². The molecule has 0 amide bonds. The molecule has 2 nitrogen and oxygen atoms in total. The summed E-state index contributed by atoms with van der Waals surface area (Å²) >= 11 is 3.45. The molecule has 2 rings (SSSR count). The molecule has 0 saturated carbocycles. The van der Waals surface area contributed by atoms with Crippen LogP contribution in [0.25, 0.3) is 0 Å². The van der Waals surface area contributed by atoms with Crippen LogP contribution in [0.4, 0.5) is 0 Å². The summed E-state index contributed by atoms with van der Waals surface area (Å²) in [5, 5.41) is 3.52. The zero-order valence-corrected chi connectivity index (χ0v) is 10.5. The Bertz CT molecular complexity index is 312. The molecule has 0 aliphatic carbocycles. The predicted molar refractivity (Wildman–Crippen MR) is 64.9 cm³/mol. The van der Waals surface area contributed by atoms with Crippen LogP contribution >= 0.6 is 15.9 Å². The van der Waals surface area contributed by atoms with E-state index in [0.29, 0.717) is 12.1 Å². The first-order valence-corrected chi connectivity index (χ1v) is 6.10. The number of ether oxygens (including phenoxy) is 1. The fraction of sp³-hybridized carbons (Fsp3) is 0.500. The molecule has 1 aromatic rings. The van der Waals surface area contributed by atoms with Gasteiger partial charge in [-0.05, 0) is 37.1 Å². The number of hydrogen-bond donors (Lipinski definition) is 1. The Labute approximate surface area is 99.1 Å². The van der Waals surface area contributed by atoms with E-state index >= 15 is 0 Å². The van der Waals surface area contributed by atoms with Crippen LogP contribution in [0.1, 0.15) is 24.4 Å². The van der Waals surface area contributed by atoms with Gasteiger partial charge >= 0.3 is 0 Å². The predicted octanol–water partition coefficient (Wildman–Crippen LogP) is 2.89. The lowest BCUT2D eigenvalue weighted by molar-refractivity contribution is 0.0619. The summed E-state index contributed by atoms with van der Waals surface area (Å²) in [6.45, 7) is 1.04. The largest absolute Gasteiger partial charge is 0.381 e. The van der Waals surface area contributed by atoms with E-state index in [1.807, 2.05) is 0 Å². The Kier molecular flexibility index (Phi) is 3.78. The van der Waals surface area contributed by atoms with Crippen molar-refractivity contribution < 1.29 is 4.74 Å². The maximum absolute atomic E-state index is 5.42. The average Bonchev–Trinajstić information content (AvgIpc) is 2.30. The summed E-state index contributed by atoms with van der Waals surface area (Å²) in [6.07, 6.45) is 2.58. The van der Waals surface area contributed by atoms with Gasteiger partial charge in [0.2, 0.25) is 0 Å². The molecule has 1 aliphatic heterocycles. The van der Waals surface area contributed by atoms with Crippen LogP contribution in [0.15, 0.2) is 28.7 Å². The van der Waals surface area contributed by atoms with Crippen LogP contribution in [0.2, 0.25) is 0 Å². The highest BCUT2D eigenvalue weighted by molar-refractivity contribution is 9.10. The number of nitrogens with one attached hydrogen (secondary N) is 1. The van der Waals surface area contributed by atoms with Gasteiger partial charge in [-0.2, -0.15) is 0 Å². The molecule has 82 valence electrons. The van der Waals surface area contributed by atoms with Gasteiger partial charge in [-0.25, -0.2) is 0 Å². The standard InChI is InChI=1S/C12H16BrNO/c1-15-11-6-7-14-12(8-11)9-2-4-10(13)5-3-9/h2-5,11-12,14H,6-8H2,1H3. The van der Waals surface area contributed by atoms with Gasteiger partial charge in [-0.15, -0.1) is 0 Å². The minimum Gasteiger partial charge on any atom is -0.381 e. The Morgan fingerprint density at radius 3 is 2.73 bits per heavy atom. The van der Waals surface area contributed by atoms with Crippen LogP contribution in [-0.2, 0) is 4.74 Å². The Morgan fingerprint density at radius 2 is 2.07 bits per heavy atom. The molecule has 15 heavy (non-hydrogen) atoms. The second kappa shape index (κ2) is 5.10. The van der Waals surface area contributed by atoms with Crippen molar-refractivity contribution >= 4 is 15.9 Å². The normalized spacial score (nSPS) is 26.5. The Hall–Kier alpha value is -0.380. The summed E-state index contributed by atoms with van der Waals surface area (Å²) in [5.74, 6) is 0. The molecule has 1 N–H and O–H groups in total. The van der Waals surface area contributed by atoms with Gasteiger partial charge in [0.1, 0.15) is 0 Å². The van der Waals surface area contributed by atoms with Crippen LogP contribution < -0.4 is 5.32 Å². The molecule has 1 heterocycles. The highest BCUT2D eigenvalue weighted by Crippen LogP contribution is 2.25. The van der Waals surface area contributed by atoms with Crippen LogP contribution in [0.3, 0.4) is 0 Å². The first-order chi connectivity index (χ1) is 7.29. The second-order valence-electron chi connectivity index (χ2n) is 3.94. The smallest absolute Gasteiger partial charge is 0.0601 e. The number of methoxy groups -OCH3 is 1. The fourth-order valence-electron chi connectivity index (χ4n) is 2.05. The zero-order valence-electron chi connectivity index (χ0n) is 8.87. The number of rotatable bonds is 2. The van der Waals surface area contributed by atoms with Crippen LogP contribution in [0, 0.1) is 0 Å². The van der Waals surface area contributed by atoms with E-state index in [1.54, 1.807) is 7.11 Å². The van der Waals surface area contributed by atoms with Gasteiger partial charge in [0.15, 0.2) is 0 Å². The summed E-state index contributed by atoms with van der Waals surface area (Å²) < 4.78 is 6.55. The molecule has 0 spiro atoms. The van der Waals surface area contributed by atoms with Crippen molar-refractivity contribution in [2.75, 3.05) is 13.7 Å². The molecule has 1 aliphatic rings. The van der Waals surface area contributed by atoms with E-state index in [4.69, 9.17) is 4.74 Å². The van der Waals surface area contributed by atoms with E-state index in [9.17, 15) is 0 Å². The average molecular weight is 270 g/mol. The molecule has 0 aromatic heterocycles. The lowest BCUT2D eigenvalue weighted by Gasteiger charge is -2.29. The molecule has 3 heteroatoms. The fourth-order valence-corrected chi connectivity index (χ4v) is 2.31. The first kappa shape index (κ1) is 11.1. The number of halogens is 1. The van der Waals surface area contributed by atoms with Gasteiger partial charge in [0.05, 0.1) is 6.10 Å². The van der Waals surface area contributed by atoms with E-state index in [2.05, 4.69) is 45.5 Å². The van der Waals surface area contributed by atoms with Gasteiger partial charge in [0, 0.05) is 17.6 Å². The summed E-state index contributed by atoms with van der Waals surface area (Å²) in [7, 11) is 1.80. The Morgan fingerprint density at radius 1 is 1.33 bits per heavy atom. The van der Waals surface area contributed by atoms with Crippen molar-refractivity contribution in [1.82, 2.24) is 5.32 Å². The summed E-state index contributed by atoms with van der Waals surface area (Å²) in [4.78, 5) is 0. The third-order valence-electron chi connectivity index (χ3n) is 2.96. The number of hydrogen-bond acceptors (Lipinski definition) is 2. The number of piperidine rings is 1. The molecule has 1 aromatic carbocycles. The molecule has 2 atom stereocenters. The van der Waals surface area contributed by atoms with Crippen molar-refractivity contribution in [3.8, 4) is 0 Å². The lowest BCUT2D eigenvalue weighted by Crippen LogP contribution is -2.35. The van der Waals surface area contributed by atoms with Crippen molar-refractivity contribution in [1.29, 1.82) is 0 Å². The van der Waals surface area contributed by atoms with E-state index in [1.165, 1.54) is 5.56 Å². The van der Waals surface area contributed by atoms with Crippen molar-refractivity contribution in [2.45, 2.75) is 25.0 Å². The highest BCUT2D eigenvalue weighted by Gasteiger charge is 2.21. The van der Waals surface area contributed by atoms with Crippen LogP contribution in [-0.4, -0.2) is 19.8 Å². The summed E-state index contributed by atoms with van der Waals surface area (Å²) in [5.41, 5.74) is 1.35. The molecular formula is C12H16BrNO. The van der Waals surface area contributed by atoms with Gasteiger partial charge in [-0.1, -0.05) is 28.1 Å². The van der Waals surface area contributed by atoms with E-state index < -0.39 is 0 Å². The highest BCUT2D eigenvalue weighted by atomic mass is 79.9. The van der Waals surface area contributed by atoms with Crippen LogP contribution in [0.5, 0.6) is 0 Å².